The lowest BCUT2D eigenvalue weighted by molar-refractivity contribution is -0.120. The van der Waals surface area contributed by atoms with Crippen LogP contribution in [0.5, 0.6) is 0 Å². The van der Waals surface area contributed by atoms with E-state index in [0.29, 0.717) is 37.5 Å². The van der Waals surface area contributed by atoms with Gasteiger partial charge in [0.2, 0.25) is 15.9 Å². The van der Waals surface area contributed by atoms with Crippen molar-refractivity contribution in [2.24, 2.45) is 5.92 Å². The van der Waals surface area contributed by atoms with Crippen LogP contribution in [-0.4, -0.2) is 41.7 Å². The first-order valence-corrected chi connectivity index (χ1v) is 11.6. The first-order valence-electron chi connectivity index (χ1n) is 10.1. The highest BCUT2D eigenvalue weighted by Crippen LogP contribution is 2.40. The lowest BCUT2D eigenvalue weighted by atomic mass is 9.97. The molecule has 0 atom stereocenters. The van der Waals surface area contributed by atoms with E-state index in [1.54, 1.807) is 12.3 Å². The third kappa shape index (κ3) is 3.70. The van der Waals surface area contributed by atoms with E-state index >= 15 is 0 Å². The predicted molar refractivity (Wildman–Crippen MR) is 110 cm³/mol. The summed E-state index contributed by atoms with van der Waals surface area (Å²) in [6.07, 6.45) is 6.07. The van der Waals surface area contributed by atoms with Crippen molar-refractivity contribution in [3.8, 4) is 0 Å². The van der Waals surface area contributed by atoms with Crippen molar-refractivity contribution >= 4 is 32.7 Å². The average Bonchev–Trinajstić information content (AvgIpc) is 3.54. The highest BCUT2D eigenvalue weighted by atomic mass is 32.2. The van der Waals surface area contributed by atoms with Crippen molar-refractivity contribution < 1.29 is 17.6 Å². The quantitative estimate of drug-likeness (QED) is 0.672. The molecule has 1 aliphatic heterocycles. The molecule has 0 radical (unpaired) electrons. The lowest BCUT2D eigenvalue weighted by Crippen LogP contribution is -2.41. The molecule has 1 N–H and O–H groups in total. The molecular weight excluding hydrogens is 404 g/mol. The molecule has 9 heteroatoms. The molecule has 0 bridgehead atoms. The Bertz CT molecular complexity index is 1180. The molecule has 0 unspecified atom stereocenters. The fourth-order valence-corrected chi connectivity index (χ4v) is 5.21. The lowest BCUT2D eigenvalue weighted by Gasteiger charge is -2.30. The Morgan fingerprint density at radius 3 is 2.63 bits per heavy atom. The van der Waals surface area contributed by atoms with E-state index in [9.17, 15) is 13.2 Å². The van der Waals surface area contributed by atoms with Crippen LogP contribution >= 0.6 is 0 Å². The number of benzene rings is 1. The summed E-state index contributed by atoms with van der Waals surface area (Å²) >= 11 is 0. The number of rotatable bonds is 5. The van der Waals surface area contributed by atoms with E-state index in [4.69, 9.17) is 4.42 Å². The van der Waals surface area contributed by atoms with E-state index in [2.05, 4.69) is 15.3 Å². The summed E-state index contributed by atoms with van der Waals surface area (Å²) in [5.41, 5.74) is 2.14. The molecule has 8 nitrogen and oxygen atoms in total. The summed E-state index contributed by atoms with van der Waals surface area (Å²) in [7, 11) is -3.57. The number of aromatic nitrogens is 2. The highest BCUT2D eigenvalue weighted by Gasteiger charge is 2.32. The molecule has 1 aromatic carbocycles. The number of oxazole rings is 1. The van der Waals surface area contributed by atoms with Crippen molar-refractivity contribution in [2.75, 3.05) is 18.4 Å². The van der Waals surface area contributed by atoms with Gasteiger partial charge in [-0.05, 0) is 56.0 Å². The smallest absolute Gasteiger partial charge is 0.244 e. The summed E-state index contributed by atoms with van der Waals surface area (Å²) in [4.78, 5) is 21.3. The Kier molecular flexibility index (Phi) is 4.79. The molecule has 1 saturated heterocycles. The van der Waals surface area contributed by atoms with Crippen molar-refractivity contribution in [2.45, 2.75) is 36.5 Å². The van der Waals surface area contributed by atoms with Gasteiger partial charge in [0.1, 0.15) is 10.4 Å². The standard InChI is InChI=1S/C21H22N4O4S/c26-20(23-16-5-6-19-18(12-16)24-21(29-19)15-3-4-15)14-7-10-25(11-8-14)30(27,28)17-2-1-9-22-13-17/h1-2,5-6,9,12-15H,3-4,7-8,10-11H2,(H,23,26). The van der Waals surface area contributed by atoms with Crippen molar-refractivity contribution in [1.82, 2.24) is 14.3 Å². The SMILES string of the molecule is O=C(Nc1ccc2oc(C3CC3)nc2c1)C1CCN(S(=O)(=O)c2cccnc2)CC1. The predicted octanol–water partition coefficient (Wildman–Crippen LogP) is 3.14. The van der Waals surface area contributed by atoms with Gasteiger partial charge in [0.15, 0.2) is 11.5 Å². The second-order valence-corrected chi connectivity index (χ2v) is 9.80. The maximum Gasteiger partial charge on any atom is 0.244 e. The number of hydrogen-bond acceptors (Lipinski definition) is 6. The van der Waals surface area contributed by atoms with Crippen LogP contribution in [0.25, 0.3) is 11.1 Å². The largest absolute Gasteiger partial charge is 0.440 e. The molecule has 5 rings (SSSR count). The normalized spacial score (nSPS) is 18.5. The van der Waals surface area contributed by atoms with Crippen LogP contribution in [0.2, 0.25) is 0 Å². The fourth-order valence-electron chi connectivity index (χ4n) is 3.78. The van der Waals surface area contributed by atoms with Crippen LogP contribution in [0.3, 0.4) is 0 Å². The summed E-state index contributed by atoms with van der Waals surface area (Å²) in [6.45, 7) is 0.616. The number of carbonyl (C=O) groups is 1. The number of carbonyl (C=O) groups excluding carboxylic acids is 1. The maximum atomic E-state index is 12.7. The molecule has 156 valence electrons. The Morgan fingerprint density at radius 1 is 1.13 bits per heavy atom. The van der Waals surface area contributed by atoms with Gasteiger partial charge in [0.05, 0.1) is 0 Å². The van der Waals surface area contributed by atoms with Crippen LogP contribution in [0.15, 0.2) is 52.0 Å². The van der Waals surface area contributed by atoms with Gasteiger partial charge in [0, 0.05) is 43.0 Å². The summed E-state index contributed by atoms with van der Waals surface area (Å²) in [5.74, 6) is 0.873. The number of anilines is 1. The van der Waals surface area contributed by atoms with E-state index < -0.39 is 10.0 Å². The Balaban J connectivity index is 1.22. The topological polar surface area (TPSA) is 105 Å². The van der Waals surface area contributed by atoms with Gasteiger partial charge in [0.25, 0.3) is 0 Å². The van der Waals surface area contributed by atoms with Crippen molar-refractivity contribution in [1.29, 1.82) is 0 Å². The minimum Gasteiger partial charge on any atom is -0.440 e. The van der Waals surface area contributed by atoms with E-state index in [0.717, 1.165) is 29.8 Å². The van der Waals surface area contributed by atoms with Crippen LogP contribution in [0.4, 0.5) is 5.69 Å². The zero-order chi connectivity index (χ0) is 20.7. The minimum absolute atomic E-state index is 0.0984. The zero-order valence-electron chi connectivity index (χ0n) is 16.3. The molecule has 1 saturated carbocycles. The van der Waals surface area contributed by atoms with Crippen LogP contribution in [0, 0.1) is 5.92 Å². The number of fused-ring (bicyclic) bond motifs is 1. The number of hydrogen-bond donors (Lipinski definition) is 1. The fraction of sp³-hybridized carbons (Fsp3) is 0.381. The third-order valence-corrected chi connectivity index (χ3v) is 7.58. The minimum atomic E-state index is -3.57. The maximum absolute atomic E-state index is 12.7. The number of nitrogens with zero attached hydrogens (tertiary/aromatic N) is 3. The number of piperidine rings is 1. The van der Waals surface area contributed by atoms with E-state index in [-0.39, 0.29) is 16.7 Å². The van der Waals surface area contributed by atoms with Gasteiger partial charge in [-0.15, -0.1) is 0 Å². The molecular formula is C21H22N4O4S. The summed E-state index contributed by atoms with van der Waals surface area (Å²) < 4.78 is 32.6. The molecule has 30 heavy (non-hydrogen) atoms. The summed E-state index contributed by atoms with van der Waals surface area (Å²) in [6, 6.07) is 8.60. The third-order valence-electron chi connectivity index (χ3n) is 5.70. The van der Waals surface area contributed by atoms with Crippen LogP contribution in [-0.2, 0) is 14.8 Å². The molecule has 2 fully saturated rings. The van der Waals surface area contributed by atoms with Crippen molar-refractivity contribution in [3.63, 3.8) is 0 Å². The number of amides is 1. The highest BCUT2D eigenvalue weighted by molar-refractivity contribution is 7.89. The number of pyridine rings is 1. The van der Waals surface area contributed by atoms with Gasteiger partial charge in [-0.2, -0.15) is 4.31 Å². The van der Waals surface area contributed by atoms with Gasteiger partial charge in [-0.25, -0.2) is 13.4 Å². The molecule has 2 aliphatic rings. The second kappa shape index (κ2) is 7.48. The molecule has 3 heterocycles. The Morgan fingerprint density at radius 2 is 1.93 bits per heavy atom. The Hall–Kier alpha value is -2.78. The van der Waals surface area contributed by atoms with Gasteiger partial charge < -0.3 is 9.73 Å². The van der Waals surface area contributed by atoms with E-state index in [1.165, 1.54) is 16.6 Å². The molecule has 2 aromatic heterocycles. The monoisotopic (exact) mass is 426 g/mol. The van der Waals surface area contributed by atoms with Gasteiger partial charge in [-0.3, -0.25) is 9.78 Å². The molecule has 3 aromatic rings. The first kappa shape index (κ1) is 19.2. The zero-order valence-corrected chi connectivity index (χ0v) is 17.1. The second-order valence-electron chi connectivity index (χ2n) is 7.87. The first-order chi connectivity index (χ1) is 14.5. The molecule has 0 spiro atoms. The molecule has 1 aliphatic carbocycles. The van der Waals surface area contributed by atoms with Crippen LogP contribution < -0.4 is 5.32 Å². The number of nitrogens with one attached hydrogen (secondary N) is 1. The van der Waals surface area contributed by atoms with Crippen molar-refractivity contribution in [3.05, 3.63) is 48.6 Å². The number of sulfonamides is 1. The van der Waals surface area contributed by atoms with E-state index in [1.807, 2.05) is 18.2 Å². The summed E-state index contributed by atoms with van der Waals surface area (Å²) in [5, 5.41) is 2.94. The average molecular weight is 426 g/mol. The molecule has 1 amide bonds. The van der Waals surface area contributed by atoms with Gasteiger partial charge >= 0.3 is 0 Å². The van der Waals surface area contributed by atoms with Crippen LogP contribution in [0.1, 0.15) is 37.5 Å². The van der Waals surface area contributed by atoms with Gasteiger partial charge in [-0.1, -0.05) is 0 Å². The Labute approximate surface area is 174 Å².